The smallest absolute Gasteiger partial charge is 0.263 e. The van der Waals surface area contributed by atoms with Gasteiger partial charge in [-0.25, -0.2) is 4.98 Å². The Morgan fingerprint density at radius 3 is 2.21 bits per heavy atom. The Labute approximate surface area is 168 Å². The van der Waals surface area contributed by atoms with Crippen LogP contribution in [0.1, 0.15) is 29.0 Å². The van der Waals surface area contributed by atoms with E-state index in [0.717, 1.165) is 11.3 Å². The van der Waals surface area contributed by atoms with Crippen LogP contribution in [0.4, 0.5) is 0 Å². The molecule has 0 unspecified atom stereocenters. The number of benzene rings is 2. The molecule has 0 saturated heterocycles. The lowest BCUT2D eigenvalue weighted by atomic mass is 9.98. The predicted molar refractivity (Wildman–Crippen MR) is 116 cm³/mol. The second-order valence-corrected chi connectivity index (χ2v) is 8.04. The van der Waals surface area contributed by atoms with Crippen molar-refractivity contribution in [2.45, 2.75) is 26.1 Å². The van der Waals surface area contributed by atoms with E-state index in [1.807, 2.05) is 25.2 Å². The molecule has 0 spiro atoms. The van der Waals surface area contributed by atoms with E-state index in [1.54, 1.807) is 22.2 Å². The van der Waals surface area contributed by atoms with Crippen molar-refractivity contribution < 1.29 is 0 Å². The fourth-order valence-corrected chi connectivity index (χ4v) is 4.50. The van der Waals surface area contributed by atoms with Gasteiger partial charge in [0.2, 0.25) is 0 Å². The van der Waals surface area contributed by atoms with Crippen LogP contribution in [-0.2, 0) is 13.1 Å². The second-order valence-electron chi connectivity index (χ2n) is 6.93. The molecule has 2 aromatic heterocycles. The quantitative estimate of drug-likeness (QED) is 0.480. The summed E-state index contributed by atoms with van der Waals surface area (Å²) in [7, 11) is 2.05. The molecule has 0 saturated carbocycles. The monoisotopic (exact) mass is 389 g/mol. The van der Waals surface area contributed by atoms with Crippen LogP contribution in [0.15, 0.2) is 77.9 Å². The van der Waals surface area contributed by atoms with Crippen molar-refractivity contribution in [3.63, 3.8) is 0 Å². The topological polar surface area (TPSA) is 38.1 Å². The zero-order chi connectivity index (χ0) is 19.5. The van der Waals surface area contributed by atoms with Gasteiger partial charge in [-0.05, 0) is 30.7 Å². The first kappa shape index (κ1) is 18.6. The molecular formula is C23H23N3OS. The molecule has 0 bridgehead atoms. The summed E-state index contributed by atoms with van der Waals surface area (Å²) in [6.07, 6.45) is 2.59. The molecule has 4 rings (SSSR count). The lowest BCUT2D eigenvalue weighted by molar-refractivity contribution is 0.217. The SMILES string of the molecule is CCc1cc2c(=O)n(CN(C)C(c3ccccc3)c3ccccc3)cnc2s1. The molecule has 0 fully saturated rings. The standard InChI is InChI=1S/C23H23N3OS/c1-3-19-14-20-22(28-19)24-15-26(23(20)27)16-25(2)21(17-10-6-4-7-11-17)18-12-8-5-9-13-18/h4-15,21H,3,16H2,1-2H3. The number of nitrogens with zero attached hydrogens (tertiary/aromatic N) is 3. The van der Waals surface area contributed by atoms with Gasteiger partial charge in [0, 0.05) is 4.88 Å². The van der Waals surface area contributed by atoms with Crippen LogP contribution < -0.4 is 5.56 Å². The van der Waals surface area contributed by atoms with Gasteiger partial charge in [0.1, 0.15) is 11.2 Å². The van der Waals surface area contributed by atoms with Crippen LogP contribution >= 0.6 is 11.3 Å². The summed E-state index contributed by atoms with van der Waals surface area (Å²) in [5.41, 5.74) is 2.41. The van der Waals surface area contributed by atoms with Crippen LogP contribution in [0.3, 0.4) is 0 Å². The van der Waals surface area contributed by atoms with Gasteiger partial charge in [-0.2, -0.15) is 0 Å². The van der Waals surface area contributed by atoms with E-state index in [1.165, 1.54) is 16.0 Å². The van der Waals surface area contributed by atoms with Gasteiger partial charge >= 0.3 is 0 Å². The maximum atomic E-state index is 13.0. The van der Waals surface area contributed by atoms with Crippen molar-refractivity contribution in [1.29, 1.82) is 0 Å². The minimum Gasteiger partial charge on any atom is -0.285 e. The van der Waals surface area contributed by atoms with E-state index in [9.17, 15) is 4.79 Å². The lowest BCUT2D eigenvalue weighted by Crippen LogP contribution is -2.33. The number of aromatic nitrogens is 2. The second kappa shape index (κ2) is 8.09. The zero-order valence-corrected chi connectivity index (χ0v) is 16.9. The summed E-state index contributed by atoms with van der Waals surface area (Å²) in [5, 5.41) is 0.716. The Balaban J connectivity index is 1.70. The highest BCUT2D eigenvalue weighted by Crippen LogP contribution is 2.28. The normalized spacial score (nSPS) is 11.6. The first-order valence-corrected chi connectivity index (χ1v) is 10.3. The number of thiophene rings is 1. The van der Waals surface area contributed by atoms with Crippen molar-refractivity contribution in [2.24, 2.45) is 0 Å². The molecule has 0 aliphatic carbocycles. The summed E-state index contributed by atoms with van der Waals surface area (Å²) in [6.45, 7) is 2.56. The van der Waals surface area contributed by atoms with Gasteiger partial charge in [-0.1, -0.05) is 67.6 Å². The summed E-state index contributed by atoms with van der Waals surface area (Å²) < 4.78 is 1.70. The Morgan fingerprint density at radius 1 is 1.04 bits per heavy atom. The van der Waals surface area contributed by atoms with Gasteiger partial charge in [0.05, 0.1) is 18.1 Å². The largest absolute Gasteiger partial charge is 0.285 e. The minimum atomic E-state index is 0.0210. The van der Waals surface area contributed by atoms with E-state index in [0.29, 0.717) is 12.1 Å². The molecule has 4 nitrogen and oxygen atoms in total. The zero-order valence-electron chi connectivity index (χ0n) is 16.1. The molecule has 2 aromatic carbocycles. The molecule has 142 valence electrons. The number of hydrogen-bond acceptors (Lipinski definition) is 4. The van der Waals surface area contributed by atoms with Gasteiger partial charge < -0.3 is 0 Å². The third-order valence-corrected chi connectivity index (χ3v) is 6.15. The van der Waals surface area contributed by atoms with Crippen molar-refractivity contribution >= 4 is 21.6 Å². The fraction of sp³-hybridized carbons (Fsp3) is 0.217. The molecule has 28 heavy (non-hydrogen) atoms. The van der Waals surface area contributed by atoms with Gasteiger partial charge in [-0.3, -0.25) is 14.3 Å². The van der Waals surface area contributed by atoms with E-state index in [2.05, 4.69) is 65.3 Å². The van der Waals surface area contributed by atoms with Gasteiger partial charge in [-0.15, -0.1) is 11.3 Å². The van der Waals surface area contributed by atoms with Crippen molar-refractivity contribution in [2.75, 3.05) is 7.05 Å². The molecule has 5 heteroatoms. The number of fused-ring (bicyclic) bond motifs is 1. The molecule has 0 atom stereocenters. The van der Waals surface area contributed by atoms with E-state index in [-0.39, 0.29) is 11.6 Å². The predicted octanol–water partition coefficient (Wildman–Crippen LogP) is 4.70. The average Bonchev–Trinajstić information content (AvgIpc) is 3.16. The third-order valence-electron chi connectivity index (χ3n) is 4.96. The molecule has 0 aliphatic rings. The third kappa shape index (κ3) is 3.63. The van der Waals surface area contributed by atoms with Gasteiger partial charge in [0.25, 0.3) is 5.56 Å². The number of rotatable bonds is 6. The summed E-state index contributed by atoms with van der Waals surface area (Å²) in [5.74, 6) is 0. The Morgan fingerprint density at radius 2 is 1.64 bits per heavy atom. The van der Waals surface area contributed by atoms with Crippen molar-refractivity contribution in [3.8, 4) is 0 Å². The maximum Gasteiger partial charge on any atom is 0.263 e. The van der Waals surface area contributed by atoms with Gasteiger partial charge in [0.15, 0.2) is 0 Å². The van der Waals surface area contributed by atoms with Crippen molar-refractivity contribution in [1.82, 2.24) is 14.5 Å². The van der Waals surface area contributed by atoms with Crippen LogP contribution in [0.25, 0.3) is 10.2 Å². The lowest BCUT2D eigenvalue weighted by Gasteiger charge is -2.29. The first-order chi connectivity index (χ1) is 13.7. The summed E-state index contributed by atoms with van der Waals surface area (Å²) in [4.78, 5) is 21.7. The highest BCUT2D eigenvalue weighted by molar-refractivity contribution is 7.18. The molecule has 0 N–H and O–H groups in total. The summed E-state index contributed by atoms with van der Waals surface area (Å²) in [6, 6.07) is 22.8. The van der Waals surface area contributed by atoms with E-state index < -0.39 is 0 Å². The minimum absolute atomic E-state index is 0.0210. The first-order valence-electron chi connectivity index (χ1n) is 9.45. The molecule has 0 aliphatic heterocycles. The molecule has 0 radical (unpaired) electrons. The molecule has 4 aromatic rings. The fourth-order valence-electron chi connectivity index (χ4n) is 3.58. The highest BCUT2D eigenvalue weighted by atomic mass is 32.1. The summed E-state index contributed by atoms with van der Waals surface area (Å²) >= 11 is 1.60. The Kier molecular flexibility index (Phi) is 5.37. The average molecular weight is 390 g/mol. The number of aryl methyl sites for hydroxylation is 1. The van der Waals surface area contributed by atoms with Crippen molar-refractivity contribution in [3.05, 3.63) is 99.4 Å². The van der Waals surface area contributed by atoms with Crippen LogP contribution in [0.5, 0.6) is 0 Å². The maximum absolute atomic E-state index is 13.0. The Bertz CT molecular complexity index is 1080. The Hall–Kier alpha value is -2.76. The molecule has 2 heterocycles. The van der Waals surface area contributed by atoms with Crippen LogP contribution in [0.2, 0.25) is 0 Å². The highest BCUT2D eigenvalue weighted by Gasteiger charge is 2.20. The molecule has 0 amide bonds. The molecular weight excluding hydrogens is 366 g/mol. The van der Waals surface area contributed by atoms with E-state index in [4.69, 9.17) is 0 Å². The van der Waals surface area contributed by atoms with Crippen LogP contribution in [-0.4, -0.2) is 21.5 Å². The van der Waals surface area contributed by atoms with E-state index >= 15 is 0 Å². The number of hydrogen-bond donors (Lipinski definition) is 0. The van der Waals surface area contributed by atoms with Crippen LogP contribution in [0, 0.1) is 0 Å².